The Labute approximate surface area is 108 Å². The van der Waals surface area contributed by atoms with E-state index in [1.54, 1.807) is 7.11 Å². The van der Waals surface area contributed by atoms with E-state index in [1.165, 1.54) is 5.69 Å². The molecule has 3 nitrogen and oxygen atoms in total. The molecule has 1 aliphatic heterocycles. The number of hydrogen-bond donors (Lipinski definition) is 1. The maximum atomic E-state index is 6.17. The first-order valence-corrected chi connectivity index (χ1v) is 6.41. The minimum Gasteiger partial charge on any atom is -0.495 e. The molecule has 1 heterocycles. The van der Waals surface area contributed by atoms with Crippen molar-refractivity contribution >= 4 is 17.3 Å². The second-order valence-corrected chi connectivity index (χ2v) is 4.81. The first kappa shape index (κ1) is 12.5. The number of benzene rings is 1. The smallest absolute Gasteiger partial charge is 0.137 e. The van der Waals surface area contributed by atoms with Crippen LogP contribution >= 0.6 is 11.6 Å². The van der Waals surface area contributed by atoms with Crippen LogP contribution in [0.5, 0.6) is 5.75 Å². The molecular weight excluding hydrogens is 236 g/mol. The summed E-state index contributed by atoms with van der Waals surface area (Å²) < 4.78 is 5.18. The number of hydrogen-bond acceptors (Lipinski definition) is 3. The van der Waals surface area contributed by atoms with Crippen LogP contribution in [-0.4, -0.2) is 32.8 Å². The lowest BCUT2D eigenvalue weighted by atomic mass is 10.2. The summed E-state index contributed by atoms with van der Waals surface area (Å²) in [6, 6.07) is 6.53. The van der Waals surface area contributed by atoms with Gasteiger partial charge in [0.25, 0.3) is 0 Å². The lowest BCUT2D eigenvalue weighted by Gasteiger charge is -2.29. The Morgan fingerprint density at radius 3 is 2.94 bits per heavy atom. The van der Waals surface area contributed by atoms with Gasteiger partial charge in [-0.15, -0.1) is 0 Å². The van der Waals surface area contributed by atoms with Crippen LogP contribution in [0.2, 0.25) is 5.02 Å². The molecule has 0 saturated carbocycles. The number of halogens is 1. The van der Waals surface area contributed by atoms with Crippen LogP contribution in [0.4, 0.5) is 5.69 Å². The van der Waals surface area contributed by atoms with Crippen LogP contribution in [-0.2, 0) is 0 Å². The Morgan fingerprint density at radius 1 is 1.41 bits per heavy atom. The molecule has 4 heteroatoms. The molecule has 1 saturated heterocycles. The van der Waals surface area contributed by atoms with Gasteiger partial charge in [-0.25, -0.2) is 0 Å². The number of methoxy groups -OCH3 is 1. The van der Waals surface area contributed by atoms with Gasteiger partial charge in [0.05, 0.1) is 12.1 Å². The number of anilines is 1. The summed E-state index contributed by atoms with van der Waals surface area (Å²) >= 11 is 6.17. The Kier molecular flexibility index (Phi) is 4.13. The first-order chi connectivity index (χ1) is 8.22. The van der Waals surface area contributed by atoms with Gasteiger partial charge in [0.2, 0.25) is 0 Å². The maximum Gasteiger partial charge on any atom is 0.137 e. The van der Waals surface area contributed by atoms with Crippen molar-refractivity contribution < 1.29 is 4.74 Å². The third-order valence-electron chi connectivity index (χ3n) is 3.27. The Balaban J connectivity index is 2.22. The van der Waals surface area contributed by atoms with E-state index in [1.807, 2.05) is 12.1 Å². The predicted octanol–water partition coefficient (Wildman–Crippen LogP) is 2.54. The van der Waals surface area contributed by atoms with E-state index >= 15 is 0 Å². The first-order valence-electron chi connectivity index (χ1n) is 6.03. The molecule has 1 fully saturated rings. The second-order valence-electron chi connectivity index (χ2n) is 4.40. The van der Waals surface area contributed by atoms with Gasteiger partial charge in [0, 0.05) is 24.8 Å². The Bertz CT molecular complexity index is 384. The molecule has 0 spiro atoms. The van der Waals surface area contributed by atoms with Gasteiger partial charge in [-0.3, -0.25) is 0 Å². The maximum absolute atomic E-state index is 6.17. The fourth-order valence-electron chi connectivity index (χ4n) is 2.23. The molecule has 0 aromatic heterocycles. The van der Waals surface area contributed by atoms with E-state index in [9.17, 15) is 0 Å². The average Bonchev–Trinajstić information content (AvgIpc) is 2.54. The largest absolute Gasteiger partial charge is 0.495 e. The van der Waals surface area contributed by atoms with Crippen molar-refractivity contribution in [3.05, 3.63) is 23.2 Å². The number of nitrogens with zero attached hydrogens (tertiary/aromatic N) is 1. The van der Waals surface area contributed by atoms with E-state index < -0.39 is 0 Å². The molecule has 0 aliphatic carbocycles. The lowest BCUT2D eigenvalue weighted by Crippen LogP contribution is -2.34. The molecule has 0 radical (unpaired) electrons. The number of nitrogens with one attached hydrogen (secondary N) is 1. The van der Waals surface area contributed by atoms with Gasteiger partial charge >= 0.3 is 0 Å². The van der Waals surface area contributed by atoms with Crippen molar-refractivity contribution in [2.45, 2.75) is 19.4 Å². The summed E-state index contributed by atoms with van der Waals surface area (Å²) in [5, 5.41) is 4.09. The molecule has 1 unspecified atom stereocenters. The molecule has 1 aliphatic rings. The highest BCUT2D eigenvalue weighted by Crippen LogP contribution is 2.30. The zero-order valence-electron chi connectivity index (χ0n) is 10.4. The van der Waals surface area contributed by atoms with Crippen molar-refractivity contribution in [3.63, 3.8) is 0 Å². The predicted molar refractivity (Wildman–Crippen MR) is 72.3 cm³/mol. The van der Waals surface area contributed by atoms with E-state index in [0.717, 1.165) is 31.8 Å². The highest BCUT2D eigenvalue weighted by Gasteiger charge is 2.17. The molecule has 17 heavy (non-hydrogen) atoms. The third-order valence-corrected chi connectivity index (χ3v) is 3.56. The van der Waals surface area contributed by atoms with Gasteiger partial charge in [-0.2, -0.15) is 0 Å². The molecular formula is C13H19ClN2O. The summed E-state index contributed by atoms with van der Waals surface area (Å²) in [4.78, 5) is 2.39. The minimum atomic E-state index is 0.537. The fraction of sp³-hybridized carbons (Fsp3) is 0.538. The van der Waals surface area contributed by atoms with Crippen LogP contribution in [0, 0.1) is 0 Å². The number of ether oxygens (including phenoxy) is 1. The SMILES string of the molecule is COc1ccc(N2CCNCCC2C)cc1Cl. The molecule has 1 aromatic rings. The van der Waals surface area contributed by atoms with E-state index in [0.29, 0.717) is 11.1 Å². The Morgan fingerprint density at radius 2 is 2.24 bits per heavy atom. The molecule has 2 rings (SSSR count). The van der Waals surface area contributed by atoms with Crippen LogP contribution in [0.3, 0.4) is 0 Å². The summed E-state index contributed by atoms with van der Waals surface area (Å²) in [5.74, 6) is 0.732. The van der Waals surface area contributed by atoms with Gasteiger partial charge in [-0.1, -0.05) is 11.6 Å². The van der Waals surface area contributed by atoms with Crippen LogP contribution < -0.4 is 15.0 Å². The van der Waals surface area contributed by atoms with Crippen LogP contribution in [0.15, 0.2) is 18.2 Å². The van der Waals surface area contributed by atoms with Gasteiger partial charge in [-0.05, 0) is 38.1 Å². The van der Waals surface area contributed by atoms with Crippen molar-refractivity contribution in [1.82, 2.24) is 5.32 Å². The topological polar surface area (TPSA) is 24.5 Å². The monoisotopic (exact) mass is 254 g/mol. The van der Waals surface area contributed by atoms with Crippen molar-refractivity contribution in [2.24, 2.45) is 0 Å². The van der Waals surface area contributed by atoms with Crippen LogP contribution in [0.25, 0.3) is 0 Å². The van der Waals surface area contributed by atoms with Crippen molar-refractivity contribution in [2.75, 3.05) is 31.6 Å². The van der Waals surface area contributed by atoms with Gasteiger partial charge < -0.3 is 15.0 Å². The fourth-order valence-corrected chi connectivity index (χ4v) is 2.48. The summed E-state index contributed by atoms with van der Waals surface area (Å²) in [7, 11) is 1.64. The van der Waals surface area contributed by atoms with Gasteiger partial charge in [0.15, 0.2) is 0 Å². The molecule has 94 valence electrons. The van der Waals surface area contributed by atoms with E-state index in [2.05, 4.69) is 23.2 Å². The van der Waals surface area contributed by atoms with Crippen molar-refractivity contribution in [1.29, 1.82) is 0 Å². The normalized spacial score (nSPS) is 21.1. The molecule has 0 amide bonds. The zero-order valence-corrected chi connectivity index (χ0v) is 11.1. The molecule has 1 aromatic carbocycles. The summed E-state index contributed by atoms with van der Waals surface area (Å²) in [6.07, 6.45) is 1.16. The van der Waals surface area contributed by atoms with Crippen molar-refractivity contribution in [3.8, 4) is 5.75 Å². The lowest BCUT2D eigenvalue weighted by molar-refractivity contribution is 0.415. The highest BCUT2D eigenvalue weighted by atomic mass is 35.5. The Hall–Kier alpha value is -0.930. The summed E-state index contributed by atoms with van der Waals surface area (Å²) in [5.41, 5.74) is 1.17. The molecule has 1 atom stereocenters. The molecule has 1 N–H and O–H groups in total. The highest BCUT2D eigenvalue weighted by molar-refractivity contribution is 6.32. The van der Waals surface area contributed by atoms with E-state index in [4.69, 9.17) is 16.3 Å². The quantitative estimate of drug-likeness (QED) is 0.878. The van der Waals surface area contributed by atoms with E-state index in [-0.39, 0.29) is 0 Å². The standard InChI is InChI=1S/C13H19ClN2O/c1-10-5-6-15-7-8-16(10)11-3-4-13(17-2)12(14)9-11/h3-4,9-10,15H,5-8H2,1-2H3. The second kappa shape index (κ2) is 5.61. The zero-order chi connectivity index (χ0) is 12.3. The summed E-state index contributed by atoms with van der Waals surface area (Å²) in [6.45, 7) is 5.38. The third kappa shape index (κ3) is 2.85. The number of rotatable bonds is 2. The van der Waals surface area contributed by atoms with Crippen LogP contribution in [0.1, 0.15) is 13.3 Å². The molecule has 0 bridgehead atoms. The van der Waals surface area contributed by atoms with Gasteiger partial charge in [0.1, 0.15) is 5.75 Å². The minimum absolute atomic E-state index is 0.537. The average molecular weight is 255 g/mol.